The van der Waals surface area contributed by atoms with Gasteiger partial charge < -0.3 is 19.9 Å². The van der Waals surface area contributed by atoms with E-state index in [1.54, 1.807) is 23.8 Å². The van der Waals surface area contributed by atoms with Gasteiger partial charge in [-0.3, -0.25) is 14.4 Å². The highest BCUT2D eigenvalue weighted by molar-refractivity contribution is 6.25. The topological polar surface area (TPSA) is 79.0 Å². The Morgan fingerprint density at radius 1 is 1.03 bits per heavy atom. The van der Waals surface area contributed by atoms with E-state index in [4.69, 9.17) is 4.74 Å². The summed E-state index contributed by atoms with van der Waals surface area (Å²) >= 11 is 0. The minimum Gasteiger partial charge on any atom is -0.497 e. The molecule has 7 heteroatoms. The number of carbonyl (C=O) groups excluding carboxylic acids is 3. The molecule has 3 aromatic rings. The van der Waals surface area contributed by atoms with Crippen LogP contribution < -0.4 is 15.0 Å². The number of nitrogens with zero attached hydrogens (tertiary/aromatic N) is 2. The lowest BCUT2D eigenvalue weighted by molar-refractivity contribution is -0.141. The van der Waals surface area contributed by atoms with E-state index < -0.39 is 6.04 Å². The predicted octanol–water partition coefficient (Wildman–Crippen LogP) is 5.46. The lowest BCUT2D eigenvalue weighted by Gasteiger charge is -2.31. The summed E-state index contributed by atoms with van der Waals surface area (Å²) in [4.78, 5) is 43.4. The highest BCUT2D eigenvalue weighted by Gasteiger charge is 2.31. The lowest BCUT2D eigenvalue weighted by Crippen LogP contribution is -2.50. The van der Waals surface area contributed by atoms with Gasteiger partial charge in [-0.15, -0.1) is 0 Å². The summed E-state index contributed by atoms with van der Waals surface area (Å²) in [6, 6.07) is 18.9. The van der Waals surface area contributed by atoms with E-state index in [1.165, 1.54) is 6.42 Å². The largest absolute Gasteiger partial charge is 0.497 e. The van der Waals surface area contributed by atoms with Gasteiger partial charge in [0.25, 0.3) is 5.91 Å². The number of anilines is 1. The first-order valence-corrected chi connectivity index (χ1v) is 14.0. The smallest absolute Gasteiger partial charge is 0.258 e. The lowest BCUT2D eigenvalue weighted by atomic mass is 9.95. The monoisotopic (exact) mass is 527 g/mol. The van der Waals surface area contributed by atoms with Crippen LogP contribution in [-0.2, 0) is 16.1 Å². The number of methoxy groups -OCH3 is 1. The maximum atomic E-state index is 13.6. The quantitative estimate of drug-likeness (QED) is 0.380. The molecule has 1 unspecified atom stereocenters. The minimum atomic E-state index is -0.604. The zero-order valence-electron chi connectivity index (χ0n) is 22.8. The third-order valence-corrected chi connectivity index (χ3v) is 8.05. The molecule has 3 amide bonds. The standard InChI is InChI=1S/C32H37N3O4/c1-22(31(37)33-25-11-4-3-5-12-25)35(21-23-16-18-26(39-2)19-17-23)29(36)15-8-20-34-28-14-7-10-24-9-6-13-27(30(24)28)32(34)38/h6-7,9-10,13-14,16-19,22,25H,3-5,8,11-12,15,20-21H2,1-2H3,(H,33,37). The number of amides is 3. The van der Waals surface area contributed by atoms with Gasteiger partial charge in [-0.05, 0) is 61.4 Å². The highest BCUT2D eigenvalue weighted by Crippen LogP contribution is 2.37. The average Bonchev–Trinajstić information content (AvgIpc) is 3.24. The van der Waals surface area contributed by atoms with E-state index in [1.807, 2.05) is 60.7 Å². The molecule has 7 nitrogen and oxygen atoms in total. The predicted molar refractivity (Wildman–Crippen MR) is 153 cm³/mol. The molecule has 204 valence electrons. The van der Waals surface area contributed by atoms with E-state index in [9.17, 15) is 14.4 Å². The second kappa shape index (κ2) is 11.9. The second-order valence-electron chi connectivity index (χ2n) is 10.6. The van der Waals surface area contributed by atoms with Gasteiger partial charge in [0.2, 0.25) is 11.8 Å². The first-order chi connectivity index (χ1) is 19.0. The second-order valence-corrected chi connectivity index (χ2v) is 10.6. The molecule has 0 aromatic heterocycles. The Kier molecular flexibility index (Phi) is 8.15. The zero-order valence-corrected chi connectivity index (χ0v) is 22.8. The number of ether oxygens (including phenoxy) is 1. The Balaban J connectivity index is 1.27. The third-order valence-electron chi connectivity index (χ3n) is 8.05. The summed E-state index contributed by atoms with van der Waals surface area (Å²) in [5, 5.41) is 5.20. The van der Waals surface area contributed by atoms with Crippen molar-refractivity contribution < 1.29 is 19.1 Å². The van der Waals surface area contributed by atoms with Crippen molar-refractivity contribution in [2.24, 2.45) is 0 Å². The van der Waals surface area contributed by atoms with Crippen LogP contribution in [0, 0.1) is 0 Å². The van der Waals surface area contributed by atoms with Crippen molar-refractivity contribution in [3.05, 3.63) is 71.8 Å². The molecule has 0 bridgehead atoms. The van der Waals surface area contributed by atoms with Gasteiger partial charge in [-0.1, -0.05) is 55.7 Å². The SMILES string of the molecule is COc1ccc(CN(C(=O)CCCN2C(=O)c3cccc4cccc2c34)C(C)C(=O)NC2CCCCC2)cc1. The number of hydrogen-bond donors (Lipinski definition) is 1. The van der Waals surface area contributed by atoms with Crippen LogP contribution in [0.15, 0.2) is 60.7 Å². The Morgan fingerprint density at radius 2 is 1.74 bits per heavy atom. The van der Waals surface area contributed by atoms with Crippen LogP contribution in [0.4, 0.5) is 5.69 Å². The molecular weight excluding hydrogens is 490 g/mol. The molecule has 1 N–H and O–H groups in total. The van der Waals surface area contributed by atoms with E-state index in [0.29, 0.717) is 25.1 Å². The van der Waals surface area contributed by atoms with Gasteiger partial charge in [0, 0.05) is 36.5 Å². The van der Waals surface area contributed by atoms with Gasteiger partial charge in [0.15, 0.2) is 0 Å². The van der Waals surface area contributed by atoms with Crippen LogP contribution in [-0.4, -0.2) is 48.4 Å². The molecule has 1 atom stereocenters. The summed E-state index contributed by atoms with van der Waals surface area (Å²) in [5.41, 5.74) is 2.54. The summed E-state index contributed by atoms with van der Waals surface area (Å²) < 4.78 is 5.27. The molecule has 0 spiro atoms. The molecule has 1 aliphatic heterocycles. The van der Waals surface area contributed by atoms with Gasteiger partial charge >= 0.3 is 0 Å². The Bertz CT molecular complexity index is 1340. The van der Waals surface area contributed by atoms with Crippen LogP contribution in [0.25, 0.3) is 10.8 Å². The van der Waals surface area contributed by atoms with Crippen LogP contribution in [0.1, 0.15) is 67.8 Å². The number of rotatable bonds is 10. The molecule has 2 aliphatic rings. The molecule has 1 saturated carbocycles. The van der Waals surface area contributed by atoms with Crippen molar-refractivity contribution >= 4 is 34.2 Å². The van der Waals surface area contributed by atoms with Crippen LogP contribution >= 0.6 is 0 Å². The fourth-order valence-electron chi connectivity index (χ4n) is 5.81. The molecule has 1 heterocycles. The minimum absolute atomic E-state index is 0.0236. The van der Waals surface area contributed by atoms with E-state index in [-0.39, 0.29) is 30.2 Å². The van der Waals surface area contributed by atoms with Gasteiger partial charge in [0.1, 0.15) is 11.8 Å². The van der Waals surface area contributed by atoms with Crippen LogP contribution in [0.5, 0.6) is 5.75 Å². The van der Waals surface area contributed by atoms with E-state index in [2.05, 4.69) is 5.32 Å². The molecule has 0 radical (unpaired) electrons. The molecule has 1 aliphatic carbocycles. The summed E-state index contributed by atoms with van der Waals surface area (Å²) in [6.45, 7) is 2.58. The number of nitrogens with one attached hydrogen (secondary N) is 1. The normalized spacial score (nSPS) is 15.8. The Hall–Kier alpha value is -3.87. The average molecular weight is 528 g/mol. The molecule has 5 rings (SSSR count). The van der Waals surface area contributed by atoms with Crippen molar-refractivity contribution in [3.63, 3.8) is 0 Å². The van der Waals surface area contributed by atoms with Crippen molar-refractivity contribution in [2.45, 2.75) is 70.5 Å². The summed E-state index contributed by atoms with van der Waals surface area (Å²) in [5.74, 6) is 0.510. The van der Waals surface area contributed by atoms with Crippen LogP contribution in [0.2, 0.25) is 0 Å². The zero-order chi connectivity index (χ0) is 27.4. The van der Waals surface area contributed by atoms with Gasteiger partial charge in [-0.2, -0.15) is 0 Å². The molecule has 1 fully saturated rings. The van der Waals surface area contributed by atoms with Crippen molar-refractivity contribution in [1.82, 2.24) is 10.2 Å². The van der Waals surface area contributed by atoms with Gasteiger partial charge in [0.05, 0.1) is 12.8 Å². The third kappa shape index (κ3) is 5.77. The number of benzene rings is 3. The first-order valence-electron chi connectivity index (χ1n) is 14.0. The highest BCUT2D eigenvalue weighted by atomic mass is 16.5. The fourth-order valence-corrected chi connectivity index (χ4v) is 5.81. The number of carbonyl (C=O) groups is 3. The molecular formula is C32H37N3O4. The Morgan fingerprint density at radius 3 is 2.46 bits per heavy atom. The number of hydrogen-bond acceptors (Lipinski definition) is 4. The van der Waals surface area contributed by atoms with Crippen LogP contribution in [0.3, 0.4) is 0 Å². The molecule has 3 aromatic carbocycles. The maximum absolute atomic E-state index is 13.6. The summed E-state index contributed by atoms with van der Waals surface area (Å²) in [7, 11) is 1.62. The van der Waals surface area contributed by atoms with Gasteiger partial charge in [-0.25, -0.2) is 0 Å². The van der Waals surface area contributed by atoms with E-state index >= 15 is 0 Å². The van der Waals surface area contributed by atoms with Crippen molar-refractivity contribution in [2.75, 3.05) is 18.6 Å². The van der Waals surface area contributed by atoms with Crippen molar-refractivity contribution in [1.29, 1.82) is 0 Å². The van der Waals surface area contributed by atoms with Crippen molar-refractivity contribution in [3.8, 4) is 5.75 Å². The molecule has 39 heavy (non-hydrogen) atoms. The Labute approximate surface area is 230 Å². The maximum Gasteiger partial charge on any atom is 0.258 e. The first kappa shape index (κ1) is 26.7. The summed E-state index contributed by atoms with van der Waals surface area (Å²) in [6.07, 6.45) is 6.19. The fraction of sp³-hybridized carbons (Fsp3) is 0.406. The molecule has 0 saturated heterocycles. The van der Waals surface area contributed by atoms with E-state index in [0.717, 1.165) is 53.5 Å².